The molecule has 88 valence electrons. The summed E-state index contributed by atoms with van der Waals surface area (Å²) in [6, 6.07) is 0.426. The average molecular weight is 242 g/mol. The highest BCUT2D eigenvalue weighted by molar-refractivity contribution is 6.17. The van der Waals surface area contributed by atoms with Gasteiger partial charge in [0.2, 0.25) is 0 Å². The van der Waals surface area contributed by atoms with Crippen molar-refractivity contribution in [2.45, 2.75) is 31.7 Å². The quantitative estimate of drug-likeness (QED) is 0.818. The summed E-state index contributed by atoms with van der Waals surface area (Å²) in [6.45, 7) is 0.924. The van der Waals surface area contributed by atoms with Crippen LogP contribution in [0.1, 0.15) is 25.7 Å². The van der Waals surface area contributed by atoms with E-state index in [4.69, 9.17) is 11.6 Å². The SMILES string of the molecule is O=c1[nH]ccnc1N1CCCC1CCCCl. The predicted octanol–water partition coefficient (Wildman–Crippen LogP) is 1.76. The summed E-state index contributed by atoms with van der Waals surface area (Å²) >= 11 is 5.70. The van der Waals surface area contributed by atoms with Gasteiger partial charge in [-0.05, 0) is 25.7 Å². The molecule has 1 aromatic heterocycles. The Morgan fingerprint density at radius 2 is 2.50 bits per heavy atom. The van der Waals surface area contributed by atoms with E-state index < -0.39 is 0 Å². The first kappa shape index (κ1) is 11.5. The van der Waals surface area contributed by atoms with Crippen LogP contribution >= 0.6 is 11.6 Å². The first-order valence-corrected chi connectivity index (χ1v) is 6.22. The maximum atomic E-state index is 11.6. The Hall–Kier alpha value is -1.03. The first-order chi connectivity index (χ1) is 7.83. The molecule has 1 N–H and O–H groups in total. The van der Waals surface area contributed by atoms with Gasteiger partial charge in [-0.1, -0.05) is 0 Å². The average Bonchev–Trinajstić information content (AvgIpc) is 2.75. The molecule has 4 nitrogen and oxygen atoms in total. The van der Waals surface area contributed by atoms with Crippen LogP contribution in [0.4, 0.5) is 5.82 Å². The number of alkyl halides is 1. The minimum Gasteiger partial charge on any atom is -0.349 e. The van der Waals surface area contributed by atoms with Crippen LogP contribution < -0.4 is 10.5 Å². The second-order valence-corrected chi connectivity index (χ2v) is 4.44. The van der Waals surface area contributed by atoms with E-state index in [1.807, 2.05) is 0 Å². The number of anilines is 1. The molecule has 0 spiro atoms. The lowest BCUT2D eigenvalue weighted by molar-refractivity contribution is 0.596. The fourth-order valence-electron chi connectivity index (χ4n) is 2.28. The summed E-state index contributed by atoms with van der Waals surface area (Å²) in [5.41, 5.74) is -0.0970. The molecule has 0 bridgehead atoms. The Morgan fingerprint density at radius 3 is 3.25 bits per heavy atom. The van der Waals surface area contributed by atoms with E-state index in [1.54, 1.807) is 12.4 Å². The normalized spacial score (nSPS) is 20.3. The van der Waals surface area contributed by atoms with Gasteiger partial charge in [-0.2, -0.15) is 0 Å². The van der Waals surface area contributed by atoms with E-state index >= 15 is 0 Å². The molecule has 2 rings (SSSR count). The van der Waals surface area contributed by atoms with Gasteiger partial charge in [0.25, 0.3) is 5.56 Å². The lowest BCUT2D eigenvalue weighted by Crippen LogP contribution is -2.34. The summed E-state index contributed by atoms with van der Waals surface area (Å²) < 4.78 is 0. The largest absolute Gasteiger partial charge is 0.349 e. The van der Waals surface area contributed by atoms with E-state index in [-0.39, 0.29) is 5.56 Å². The lowest BCUT2D eigenvalue weighted by atomic mass is 10.1. The second kappa shape index (κ2) is 5.34. The standard InChI is InChI=1S/C11H16ClN3O/c12-5-1-3-9-4-2-8-15(9)10-11(16)14-7-6-13-10/h6-7,9H,1-5,8H2,(H,14,16). The summed E-state index contributed by atoms with van der Waals surface area (Å²) in [4.78, 5) is 20.6. The first-order valence-electron chi connectivity index (χ1n) is 5.69. The molecule has 1 atom stereocenters. The number of nitrogens with zero attached hydrogens (tertiary/aromatic N) is 2. The number of rotatable bonds is 4. The van der Waals surface area contributed by atoms with E-state index in [2.05, 4.69) is 14.9 Å². The molecule has 1 aliphatic rings. The fraction of sp³-hybridized carbons (Fsp3) is 0.636. The zero-order valence-electron chi connectivity index (χ0n) is 9.16. The number of H-pyrrole nitrogens is 1. The Bertz CT molecular complexity index is 393. The molecule has 1 fully saturated rings. The van der Waals surface area contributed by atoms with Crippen molar-refractivity contribution in [2.24, 2.45) is 0 Å². The van der Waals surface area contributed by atoms with Crippen molar-refractivity contribution in [3.8, 4) is 0 Å². The van der Waals surface area contributed by atoms with Crippen molar-refractivity contribution >= 4 is 17.4 Å². The van der Waals surface area contributed by atoms with Gasteiger partial charge in [0.05, 0.1) is 0 Å². The van der Waals surface area contributed by atoms with Gasteiger partial charge in [0, 0.05) is 30.9 Å². The molecule has 0 amide bonds. The topological polar surface area (TPSA) is 49.0 Å². The zero-order valence-corrected chi connectivity index (χ0v) is 9.91. The van der Waals surface area contributed by atoms with Gasteiger partial charge in [-0.25, -0.2) is 4.98 Å². The van der Waals surface area contributed by atoms with Crippen LogP contribution in [0.5, 0.6) is 0 Å². The van der Waals surface area contributed by atoms with Crippen molar-refractivity contribution < 1.29 is 0 Å². The van der Waals surface area contributed by atoms with Crippen molar-refractivity contribution in [1.29, 1.82) is 0 Å². The summed E-state index contributed by atoms with van der Waals surface area (Å²) in [5.74, 6) is 1.24. The molecule has 0 aromatic carbocycles. The smallest absolute Gasteiger partial charge is 0.290 e. The summed E-state index contributed by atoms with van der Waals surface area (Å²) in [6.07, 6.45) is 7.49. The molecule has 1 aromatic rings. The number of halogens is 1. The maximum Gasteiger partial charge on any atom is 0.290 e. The molecule has 0 radical (unpaired) electrons. The minimum atomic E-state index is -0.0970. The molecule has 0 aliphatic carbocycles. The van der Waals surface area contributed by atoms with E-state index in [0.717, 1.165) is 32.2 Å². The third-order valence-corrected chi connectivity index (χ3v) is 3.28. The number of aromatic nitrogens is 2. The Kier molecular flexibility index (Phi) is 3.83. The van der Waals surface area contributed by atoms with Gasteiger partial charge in [0.15, 0.2) is 5.82 Å². The summed E-state index contributed by atoms with van der Waals surface area (Å²) in [7, 11) is 0. The number of hydrogen-bond donors (Lipinski definition) is 1. The third kappa shape index (κ3) is 2.38. The Balaban J connectivity index is 2.14. The van der Waals surface area contributed by atoms with Crippen molar-refractivity contribution in [3.05, 3.63) is 22.7 Å². The monoisotopic (exact) mass is 241 g/mol. The van der Waals surface area contributed by atoms with Crippen LogP contribution in [-0.2, 0) is 0 Å². The van der Waals surface area contributed by atoms with Crippen LogP contribution in [0.25, 0.3) is 0 Å². The van der Waals surface area contributed by atoms with Crippen molar-refractivity contribution in [2.75, 3.05) is 17.3 Å². The van der Waals surface area contributed by atoms with Crippen LogP contribution in [0.3, 0.4) is 0 Å². The van der Waals surface area contributed by atoms with Gasteiger partial charge in [-0.15, -0.1) is 11.6 Å². The summed E-state index contributed by atoms with van der Waals surface area (Å²) in [5, 5.41) is 0. The molecule has 2 heterocycles. The van der Waals surface area contributed by atoms with E-state index in [0.29, 0.717) is 17.7 Å². The highest BCUT2D eigenvalue weighted by atomic mass is 35.5. The van der Waals surface area contributed by atoms with E-state index in [9.17, 15) is 4.79 Å². The molecule has 1 unspecified atom stereocenters. The number of aromatic amines is 1. The fourth-order valence-corrected chi connectivity index (χ4v) is 2.43. The molecular formula is C11H16ClN3O. The lowest BCUT2D eigenvalue weighted by Gasteiger charge is -2.24. The molecule has 0 saturated carbocycles. The molecule has 16 heavy (non-hydrogen) atoms. The molecule has 5 heteroatoms. The number of nitrogens with one attached hydrogen (secondary N) is 1. The molecule has 1 aliphatic heterocycles. The Labute approximate surface area is 99.6 Å². The second-order valence-electron chi connectivity index (χ2n) is 4.06. The number of hydrogen-bond acceptors (Lipinski definition) is 3. The minimum absolute atomic E-state index is 0.0970. The highest BCUT2D eigenvalue weighted by Crippen LogP contribution is 2.24. The van der Waals surface area contributed by atoms with Gasteiger partial charge in [-0.3, -0.25) is 4.79 Å². The highest BCUT2D eigenvalue weighted by Gasteiger charge is 2.26. The van der Waals surface area contributed by atoms with Crippen molar-refractivity contribution in [1.82, 2.24) is 9.97 Å². The van der Waals surface area contributed by atoms with Crippen LogP contribution in [0.2, 0.25) is 0 Å². The zero-order chi connectivity index (χ0) is 11.4. The maximum absolute atomic E-state index is 11.6. The third-order valence-electron chi connectivity index (χ3n) is 3.01. The van der Waals surface area contributed by atoms with E-state index in [1.165, 1.54) is 0 Å². The Morgan fingerprint density at radius 1 is 1.62 bits per heavy atom. The predicted molar refractivity (Wildman–Crippen MR) is 65.2 cm³/mol. The van der Waals surface area contributed by atoms with Gasteiger partial charge < -0.3 is 9.88 Å². The molecular weight excluding hydrogens is 226 g/mol. The van der Waals surface area contributed by atoms with Gasteiger partial charge in [0.1, 0.15) is 0 Å². The van der Waals surface area contributed by atoms with Crippen LogP contribution in [0.15, 0.2) is 17.2 Å². The van der Waals surface area contributed by atoms with Crippen LogP contribution in [-0.4, -0.2) is 28.4 Å². The molecule has 1 saturated heterocycles. The van der Waals surface area contributed by atoms with Gasteiger partial charge >= 0.3 is 0 Å². The van der Waals surface area contributed by atoms with Crippen LogP contribution in [0, 0.1) is 0 Å². The van der Waals surface area contributed by atoms with Crippen molar-refractivity contribution in [3.63, 3.8) is 0 Å².